The van der Waals surface area contributed by atoms with E-state index in [0.29, 0.717) is 12.1 Å². The number of hydrogen-bond acceptors (Lipinski definition) is 2. The number of fused-ring (bicyclic) bond motifs is 1. The molecule has 0 aliphatic rings. The molecule has 2 N–H and O–H groups in total. The van der Waals surface area contributed by atoms with Gasteiger partial charge in [0, 0.05) is 17.5 Å². The molecule has 0 unspecified atom stereocenters. The van der Waals surface area contributed by atoms with E-state index in [0.717, 1.165) is 17.2 Å². The monoisotopic (exact) mass is 229 g/mol. The number of benzene rings is 2. The molecule has 0 aliphatic carbocycles. The number of phenols is 1. The predicted octanol–water partition coefficient (Wildman–Crippen LogP) is 2.69. The largest absolute Gasteiger partial charge is 0.507 e. The SMILES string of the molecule is CCCNC(=O)c1ccc2c(O)cccc2c1. The lowest BCUT2D eigenvalue weighted by atomic mass is 10.1. The van der Waals surface area contributed by atoms with E-state index < -0.39 is 0 Å². The quantitative estimate of drug-likeness (QED) is 0.850. The van der Waals surface area contributed by atoms with Crippen LogP contribution in [0.2, 0.25) is 0 Å². The molecule has 0 bridgehead atoms. The highest BCUT2D eigenvalue weighted by atomic mass is 16.3. The van der Waals surface area contributed by atoms with Crippen molar-refractivity contribution in [3.8, 4) is 5.75 Å². The summed E-state index contributed by atoms with van der Waals surface area (Å²) in [5.74, 6) is 0.167. The van der Waals surface area contributed by atoms with Gasteiger partial charge in [-0.2, -0.15) is 0 Å². The van der Waals surface area contributed by atoms with Crippen LogP contribution in [-0.4, -0.2) is 17.6 Å². The van der Waals surface area contributed by atoms with Crippen LogP contribution in [0.1, 0.15) is 23.7 Å². The first-order valence-electron chi connectivity index (χ1n) is 5.72. The Kier molecular flexibility index (Phi) is 3.28. The molecule has 0 atom stereocenters. The van der Waals surface area contributed by atoms with Gasteiger partial charge in [-0.25, -0.2) is 0 Å². The minimum atomic E-state index is -0.0721. The Hall–Kier alpha value is -2.03. The van der Waals surface area contributed by atoms with E-state index in [2.05, 4.69) is 5.32 Å². The van der Waals surface area contributed by atoms with Gasteiger partial charge >= 0.3 is 0 Å². The third kappa shape index (κ3) is 2.38. The van der Waals surface area contributed by atoms with Gasteiger partial charge in [0.05, 0.1) is 0 Å². The maximum Gasteiger partial charge on any atom is 0.251 e. The third-order valence-corrected chi connectivity index (χ3v) is 2.66. The summed E-state index contributed by atoms with van der Waals surface area (Å²) >= 11 is 0. The van der Waals surface area contributed by atoms with Gasteiger partial charge in [0.25, 0.3) is 5.91 Å². The lowest BCUT2D eigenvalue weighted by molar-refractivity contribution is 0.0954. The summed E-state index contributed by atoms with van der Waals surface area (Å²) in [4.78, 5) is 11.8. The Labute approximate surface area is 100 Å². The number of phenolic OH excluding ortho intramolecular Hbond substituents is 1. The average Bonchev–Trinajstić information content (AvgIpc) is 2.36. The molecular weight excluding hydrogens is 214 g/mol. The van der Waals surface area contributed by atoms with E-state index in [-0.39, 0.29) is 11.7 Å². The van der Waals surface area contributed by atoms with Crippen LogP contribution in [0.4, 0.5) is 0 Å². The molecular formula is C14H15NO2. The highest BCUT2D eigenvalue weighted by molar-refractivity contribution is 5.99. The van der Waals surface area contributed by atoms with Gasteiger partial charge in [-0.1, -0.05) is 19.1 Å². The van der Waals surface area contributed by atoms with Crippen molar-refractivity contribution in [3.63, 3.8) is 0 Å². The Bertz CT molecular complexity index is 549. The molecule has 0 aromatic heterocycles. The summed E-state index contributed by atoms with van der Waals surface area (Å²) in [6.45, 7) is 2.69. The van der Waals surface area contributed by atoms with Crippen molar-refractivity contribution in [2.45, 2.75) is 13.3 Å². The number of carbonyl (C=O) groups excluding carboxylic acids is 1. The standard InChI is InChI=1S/C14H15NO2/c1-2-8-15-14(17)11-6-7-12-10(9-11)4-3-5-13(12)16/h3-7,9,16H,2,8H2,1H3,(H,15,17). The van der Waals surface area contributed by atoms with Crippen LogP contribution in [0.15, 0.2) is 36.4 Å². The minimum absolute atomic E-state index is 0.0721. The van der Waals surface area contributed by atoms with E-state index in [1.165, 1.54) is 0 Å². The van der Waals surface area contributed by atoms with Crippen LogP contribution >= 0.6 is 0 Å². The number of rotatable bonds is 3. The molecule has 17 heavy (non-hydrogen) atoms. The van der Waals surface area contributed by atoms with Gasteiger partial charge < -0.3 is 10.4 Å². The van der Waals surface area contributed by atoms with E-state index in [4.69, 9.17) is 0 Å². The number of amides is 1. The molecule has 0 spiro atoms. The van der Waals surface area contributed by atoms with E-state index >= 15 is 0 Å². The first kappa shape index (κ1) is 11.5. The van der Waals surface area contributed by atoms with Gasteiger partial charge in [0.2, 0.25) is 0 Å². The van der Waals surface area contributed by atoms with Crippen molar-refractivity contribution < 1.29 is 9.90 Å². The molecule has 0 saturated carbocycles. The Balaban J connectivity index is 2.35. The summed E-state index contributed by atoms with van der Waals surface area (Å²) in [5, 5.41) is 14.1. The third-order valence-electron chi connectivity index (χ3n) is 2.66. The van der Waals surface area contributed by atoms with E-state index in [1.54, 1.807) is 30.3 Å². The van der Waals surface area contributed by atoms with Crippen LogP contribution in [0.3, 0.4) is 0 Å². The average molecular weight is 229 g/mol. The van der Waals surface area contributed by atoms with Crippen LogP contribution in [0.25, 0.3) is 10.8 Å². The minimum Gasteiger partial charge on any atom is -0.507 e. The first-order chi connectivity index (χ1) is 8.22. The molecule has 0 fully saturated rings. The van der Waals surface area contributed by atoms with Gasteiger partial charge in [0.15, 0.2) is 0 Å². The molecule has 1 amide bonds. The maximum atomic E-state index is 11.8. The number of nitrogens with one attached hydrogen (secondary N) is 1. The molecule has 3 nitrogen and oxygen atoms in total. The van der Waals surface area contributed by atoms with E-state index in [1.807, 2.05) is 13.0 Å². The van der Waals surface area contributed by atoms with Gasteiger partial charge in [-0.3, -0.25) is 4.79 Å². The smallest absolute Gasteiger partial charge is 0.251 e. The van der Waals surface area contributed by atoms with Crippen LogP contribution in [-0.2, 0) is 0 Å². The number of hydrogen-bond donors (Lipinski definition) is 2. The normalized spacial score (nSPS) is 10.4. The molecule has 0 heterocycles. The zero-order valence-electron chi connectivity index (χ0n) is 9.73. The molecule has 2 aromatic rings. The fourth-order valence-corrected chi connectivity index (χ4v) is 1.75. The number of carbonyl (C=O) groups is 1. The lowest BCUT2D eigenvalue weighted by Crippen LogP contribution is -2.23. The molecule has 2 aromatic carbocycles. The second-order valence-corrected chi connectivity index (χ2v) is 3.97. The van der Waals surface area contributed by atoms with Crippen molar-refractivity contribution in [1.82, 2.24) is 5.32 Å². The van der Waals surface area contributed by atoms with Crippen LogP contribution in [0, 0.1) is 0 Å². The second kappa shape index (κ2) is 4.87. The van der Waals surface area contributed by atoms with E-state index in [9.17, 15) is 9.90 Å². The van der Waals surface area contributed by atoms with Gasteiger partial charge in [-0.05, 0) is 36.1 Å². The molecule has 0 saturated heterocycles. The highest BCUT2D eigenvalue weighted by Crippen LogP contribution is 2.24. The molecule has 0 aliphatic heterocycles. The predicted molar refractivity (Wildman–Crippen MR) is 68.2 cm³/mol. The summed E-state index contributed by atoms with van der Waals surface area (Å²) in [5.41, 5.74) is 0.622. The molecule has 3 heteroatoms. The molecule has 0 radical (unpaired) electrons. The Morgan fingerprint density at radius 2 is 2.12 bits per heavy atom. The van der Waals surface area contributed by atoms with Crippen molar-refractivity contribution in [2.75, 3.05) is 6.54 Å². The lowest BCUT2D eigenvalue weighted by Gasteiger charge is -2.05. The summed E-state index contributed by atoms with van der Waals surface area (Å²) < 4.78 is 0. The van der Waals surface area contributed by atoms with Crippen LogP contribution < -0.4 is 5.32 Å². The zero-order valence-corrected chi connectivity index (χ0v) is 9.73. The van der Waals surface area contributed by atoms with Crippen molar-refractivity contribution in [1.29, 1.82) is 0 Å². The summed E-state index contributed by atoms with van der Waals surface area (Å²) in [7, 11) is 0. The van der Waals surface area contributed by atoms with Crippen molar-refractivity contribution in [2.24, 2.45) is 0 Å². The Morgan fingerprint density at radius 1 is 1.29 bits per heavy atom. The topological polar surface area (TPSA) is 49.3 Å². The van der Waals surface area contributed by atoms with Crippen LogP contribution in [0.5, 0.6) is 5.75 Å². The van der Waals surface area contributed by atoms with Gasteiger partial charge in [0.1, 0.15) is 5.75 Å². The second-order valence-electron chi connectivity index (χ2n) is 3.97. The zero-order chi connectivity index (χ0) is 12.3. The summed E-state index contributed by atoms with van der Waals surface area (Å²) in [6, 6.07) is 10.6. The fourth-order valence-electron chi connectivity index (χ4n) is 1.75. The molecule has 2 rings (SSSR count). The highest BCUT2D eigenvalue weighted by Gasteiger charge is 2.06. The van der Waals surface area contributed by atoms with Gasteiger partial charge in [-0.15, -0.1) is 0 Å². The first-order valence-corrected chi connectivity index (χ1v) is 5.72. The Morgan fingerprint density at radius 3 is 2.88 bits per heavy atom. The molecule has 88 valence electrons. The fraction of sp³-hybridized carbons (Fsp3) is 0.214. The van der Waals surface area contributed by atoms with Crippen molar-refractivity contribution in [3.05, 3.63) is 42.0 Å². The maximum absolute atomic E-state index is 11.8. The summed E-state index contributed by atoms with van der Waals surface area (Å²) in [6.07, 6.45) is 0.917. The van der Waals surface area contributed by atoms with Crippen molar-refractivity contribution >= 4 is 16.7 Å². The number of aromatic hydroxyl groups is 1.